The van der Waals surface area contributed by atoms with Crippen molar-refractivity contribution in [3.63, 3.8) is 0 Å². The first-order chi connectivity index (χ1) is 12.2. The Kier molecular flexibility index (Phi) is 5.11. The van der Waals surface area contributed by atoms with Crippen LogP contribution in [-0.2, 0) is 10.0 Å². The van der Waals surface area contributed by atoms with Gasteiger partial charge in [-0.1, -0.05) is 29.8 Å². The second kappa shape index (κ2) is 7.03. The van der Waals surface area contributed by atoms with Crippen LogP contribution in [0.2, 0.25) is 4.34 Å². The average Bonchev–Trinajstić information content (AvgIpc) is 3.14. The lowest BCUT2D eigenvalue weighted by Gasteiger charge is -2.04. The lowest BCUT2D eigenvalue weighted by Crippen LogP contribution is -2.26. The Bertz CT molecular complexity index is 1130. The van der Waals surface area contributed by atoms with Crippen molar-refractivity contribution >= 4 is 71.5 Å². The molecule has 3 aromatic rings. The van der Waals surface area contributed by atoms with Crippen LogP contribution in [0.1, 0.15) is 12.5 Å². The zero-order chi connectivity index (χ0) is 19.1. The van der Waals surface area contributed by atoms with Gasteiger partial charge in [0.1, 0.15) is 8.55 Å². The van der Waals surface area contributed by atoms with Gasteiger partial charge in [-0.2, -0.15) is 13.5 Å². The summed E-state index contributed by atoms with van der Waals surface area (Å²) in [6.45, 7) is 1.70. The number of para-hydroxylation sites is 1. The van der Waals surface area contributed by atoms with E-state index in [0.29, 0.717) is 31.0 Å². The molecular formula is C15H13BrClN5O2S2. The normalized spacial score (nSPS) is 12.5. The van der Waals surface area contributed by atoms with Crippen LogP contribution in [0.3, 0.4) is 0 Å². The van der Waals surface area contributed by atoms with E-state index in [-0.39, 0.29) is 10.2 Å². The van der Waals surface area contributed by atoms with E-state index < -0.39 is 10.0 Å². The van der Waals surface area contributed by atoms with Crippen molar-refractivity contribution in [1.82, 2.24) is 9.40 Å². The van der Waals surface area contributed by atoms with Gasteiger partial charge in [0.2, 0.25) is 5.96 Å². The van der Waals surface area contributed by atoms with E-state index in [9.17, 15) is 8.42 Å². The number of fused-ring (bicyclic) bond motifs is 1. The van der Waals surface area contributed by atoms with Crippen molar-refractivity contribution in [2.24, 2.45) is 10.8 Å². The minimum absolute atomic E-state index is 0.123. The van der Waals surface area contributed by atoms with E-state index in [1.54, 1.807) is 25.1 Å². The van der Waals surface area contributed by atoms with Crippen molar-refractivity contribution in [2.75, 3.05) is 0 Å². The zero-order valence-corrected chi connectivity index (χ0v) is 17.3. The molecule has 0 saturated carbocycles. The Morgan fingerprint density at radius 1 is 1.42 bits per heavy atom. The summed E-state index contributed by atoms with van der Waals surface area (Å²) in [5.74, 6) is -0.307. The molecule has 7 nitrogen and oxygen atoms in total. The number of halogens is 2. The molecule has 0 aliphatic rings. The fourth-order valence-electron chi connectivity index (χ4n) is 2.39. The number of hydrazone groups is 1. The van der Waals surface area contributed by atoms with E-state index in [1.807, 2.05) is 6.07 Å². The molecule has 0 atom stereocenters. The van der Waals surface area contributed by atoms with Crippen LogP contribution in [0.4, 0.5) is 0 Å². The molecule has 2 aromatic heterocycles. The van der Waals surface area contributed by atoms with Gasteiger partial charge in [0, 0.05) is 21.6 Å². The third-order valence-corrected chi connectivity index (χ3v) is 8.15. The van der Waals surface area contributed by atoms with Crippen molar-refractivity contribution in [2.45, 2.75) is 11.1 Å². The van der Waals surface area contributed by atoms with Crippen molar-refractivity contribution in [1.29, 1.82) is 5.41 Å². The van der Waals surface area contributed by atoms with E-state index in [0.717, 1.165) is 11.3 Å². The molecule has 0 fully saturated rings. The fourth-order valence-corrected chi connectivity index (χ4v) is 6.15. The molecule has 0 saturated heterocycles. The number of aromatic nitrogens is 1. The molecule has 0 aliphatic heterocycles. The fraction of sp³-hybridized carbons (Fsp3) is 0.0667. The highest BCUT2D eigenvalue weighted by atomic mass is 79.9. The Morgan fingerprint density at radius 3 is 2.73 bits per heavy atom. The van der Waals surface area contributed by atoms with Gasteiger partial charge < -0.3 is 5.73 Å². The molecule has 11 heteroatoms. The molecule has 4 N–H and O–H groups in total. The monoisotopic (exact) mass is 473 g/mol. The predicted octanol–water partition coefficient (Wildman–Crippen LogP) is 3.56. The Morgan fingerprint density at radius 2 is 2.12 bits per heavy atom. The molecule has 1 aromatic carbocycles. The summed E-state index contributed by atoms with van der Waals surface area (Å²) in [4.78, 5) is 0. The second-order valence-corrected chi connectivity index (χ2v) is 9.82. The summed E-state index contributed by atoms with van der Waals surface area (Å²) in [5.41, 5.74) is 9.24. The summed E-state index contributed by atoms with van der Waals surface area (Å²) < 4.78 is 28.4. The summed E-state index contributed by atoms with van der Waals surface area (Å²) in [7, 11) is -3.83. The summed E-state index contributed by atoms with van der Waals surface area (Å²) >= 11 is 10.2. The number of nitrogens with two attached hydrogens (primary N) is 1. The molecule has 26 heavy (non-hydrogen) atoms. The van der Waals surface area contributed by atoms with Gasteiger partial charge in [-0.25, -0.2) is 9.40 Å². The van der Waals surface area contributed by atoms with E-state index in [2.05, 4.69) is 26.5 Å². The number of hydrogen-bond acceptors (Lipinski definition) is 5. The van der Waals surface area contributed by atoms with Crippen molar-refractivity contribution < 1.29 is 8.42 Å². The molecule has 0 bridgehead atoms. The molecule has 3 rings (SSSR count). The maximum absolute atomic E-state index is 13.1. The second-order valence-electron chi connectivity index (χ2n) is 5.27. The van der Waals surface area contributed by atoms with E-state index in [4.69, 9.17) is 22.7 Å². The molecule has 0 amide bonds. The standard InChI is InChI=1S/C15H13BrClN5O2S2/c1-8(20-21-15(18)19)10-7-22(12-5-3-2-4-9(10)12)26(23,24)13-6-11(16)14(17)25-13/h2-7H,1H3,(H4,18,19,21)/b20-8-. The van der Waals surface area contributed by atoms with Crippen LogP contribution in [0.5, 0.6) is 0 Å². The van der Waals surface area contributed by atoms with Gasteiger partial charge in [-0.15, -0.1) is 11.3 Å². The first kappa shape index (κ1) is 18.9. The van der Waals surface area contributed by atoms with Gasteiger partial charge in [0.05, 0.1) is 11.2 Å². The maximum atomic E-state index is 13.1. The smallest absolute Gasteiger partial charge is 0.277 e. The number of nitrogens with zero attached hydrogens (tertiary/aromatic N) is 2. The number of guanidine groups is 1. The van der Waals surface area contributed by atoms with Gasteiger partial charge in [0.25, 0.3) is 10.0 Å². The highest BCUT2D eigenvalue weighted by molar-refractivity contribution is 9.10. The number of benzene rings is 1. The van der Waals surface area contributed by atoms with Crippen LogP contribution in [-0.4, -0.2) is 24.1 Å². The Labute approximate surface area is 167 Å². The van der Waals surface area contributed by atoms with Crippen molar-refractivity contribution in [3.8, 4) is 0 Å². The van der Waals surface area contributed by atoms with Crippen LogP contribution in [0.25, 0.3) is 10.9 Å². The summed E-state index contributed by atoms with van der Waals surface area (Å²) in [5, 5.41) is 11.9. The minimum Gasteiger partial charge on any atom is -0.369 e. The molecule has 0 spiro atoms. The van der Waals surface area contributed by atoms with Gasteiger partial charge in [-0.3, -0.25) is 5.41 Å². The maximum Gasteiger partial charge on any atom is 0.277 e. The van der Waals surface area contributed by atoms with Gasteiger partial charge in [0.15, 0.2) is 0 Å². The first-order valence-corrected chi connectivity index (χ1v) is 10.6. The number of nitrogens with one attached hydrogen (secondary N) is 2. The zero-order valence-electron chi connectivity index (χ0n) is 13.3. The van der Waals surface area contributed by atoms with E-state index in [1.165, 1.54) is 16.2 Å². The highest BCUT2D eigenvalue weighted by Gasteiger charge is 2.24. The number of thiophene rings is 1. The minimum atomic E-state index is -3.83. The van der Waals surface area contributed by atoms with Gasteiger partial charge >= 0.3 is 0 Å². The number of rotatable bonds is 4. The van der Waals surface area contributed by atoms with Crippen LogP contribution < -0.4 is 11.2 Å². The van der Waals surface area contributed by atoms with Crippen LogP contribution in [0.15, 0.2) is 50.3 Å². The Hall–Kier alpha value is -1.88. The third kappa shape index (κ3) is 3.37. The topological polar surface area (TPSA) is 113 Å². The first-order valence-electron chi connectivity index (χ1n) is 7.17. The molecular weight excluding hydrogens is 462 g/mol. The summed E-state index contributed by atoms with van der Waals surface area (Å²) in [6.07, 6.45) is 1.50. The lowest BCUT2D eigenvalue weighted by atomic mass is 10.1. The third-order valence-electron chi connectivity index (χ3n) is 3.55. The van der Waals surface area contributed by atoms with Gasteiger partial charge in [-0.05, 0) is 35.0 Å². The largest absolute Gasteiger partial charge is 0.369 e. The summed E-state index contributed by atoms with van der Waals surface area (Å²) in [6, 6.07) is 8.57. The van der Waals surface area contributed by atoms with E-state index >= 15 is 0 Å². The molecule has 0 aliphatic carbocycles. The van der Waals surface area contributed by atoms with Crippen LogP contribution >= 0.6 is 38.9 Å². The van der Waals surface area contributed by atoms with Crippen molar-refractivity contribution in [3.05, 3.63) is 50.9 Å². The molecule has 2 heterocycles. The molecule has 0 radical (unpaired) electrons. The molecule has 0 unspecified atom stereocenters. The predicted molar refractivity (Wildman–Crippen MR) is 109 cm³/mol. The highest BCUT2D eigenvalue weighted by Crippen LogP contribution is 2.36. The number of hydrogen-bond donors (Lipinski definition) is 3. The van der Waals surface area contributed by atoms with Crippen LogP contribution in [0, 0.1) is 5.41 Å². The lowest BCUT2D eigenvalue weighted by molar-refractivity contribution is 0.591. The molecule has 136 valence electrons. The SMILES string of the molecule is C/C(=N/NC(=N)N)c1cn(S(=O)(=O)c2cc(Br)c(Cl)s2)c2ccccc12. The average molecular weight is 475 g/mol. The quantitative estimate of drug-likeness (QED) is 0.305. The Balaban J connectivity index is 2.22.